The van der Waals surface area contributed by atoms with Crippen molar-refractivity contribution in [3.63, 3.8) is 0 Å². The fourth-order valence-corrected chi connectivity index (χ4v) is 2.38. The monoisotopic (exact) mass is 337 g/mol. The van der Waals surface area contributed by atoms with E-state index < -0.39 is 5.76 Å². The van der Waals surface area contributed by atoms with E-state index in [1.165, 1.54) is 0 Å². The summed E-state index contributed by atoms with van der Waals surface area (Å²) < 4.78 is 29.9. The first-order chi connectivity index (χ1) is 11.1. The molecule has 1 amide bonds. The van der Waals surface area contributed by atoms with Crippen molar-refractivity contribution in [3.05, 3.63) is 54.6 Å². The number of carbonyl (C=O) groups is 1. The molecule has 0 fully saturated rings. The van der Waals surface area contributed by atoms with E-state index in [-0.39, 0.29) is 5.91 Å². The second-order valence-corrected chi connectivity index (χ2v) is 5.78. The molecule has 0 bridgehead atoms. The van der Waals surface area contributed by atoms with E-state index in [2.05, 4.69) is 5.32 Å². The third-order valence-corrected chi connectivity index (χ3v) is 3.65. The summed E-state index contributed by atoms with van der Waals surface area (Å²) in [7, 11) is 0. The van der Waals surface area contributed by atoms with Gasteiger partial charge in [-0.05, 0) is 42.8 Å². The van der Waals surface area contributed by atoms with Crippen LogP contribution in [0.25, 0.3) is 0 Å². The lowest BCUT2D eigenvalue weighted by atomic mass is 10.2. The number of thioether (sulfide) groups is 1. The molecule has 2 aromatic carbocycles. The van der Waals surface area contributed by atoms with E-state index in [0.717, 1.165) is 5.75 Å². The Morgan fingerprint density at radius 1 is 1.09 bits per heavy atom. The maximum Gasteiger partial charge on any atom is 0.288 e. The number of alkyl halides is 2. The van der Waals surface area contributed by atoms with E-state index >= 15 is 0 Å². The molecule has 6 heteroatoms. The average molecular weight is 337 g/mol. The van der Waals surface area contributed by atoms with Gasteiger partial charge in [-0.1, -0.05) is 30.0 Å². The fraction of sp³-hybridized carbons (Fsp3) is 0.235. The topological polar surface area (TPSA) is 38.3 Å². The molecule has 0 atom stereocenters. The maximum absolute atomic E-state index is 12.2. The normalized spacial score (nSPS) is 10.6. The molecule has 0 heterocycles. The number of amides is 1. The molecule has 2 rings (SSSR count). The van der Waals surface area contributed by atoms with Crippen LogP contribution in [-0.4, -0.2) is 18.3 Å². The van der Waals surface area contributed by atoms with Crippen LogP contribution in [-0.2, 0) is 4.79 Å². The summed E-state index contributed by atoms with van der Waals surface area (Å²) in [5, 5.41) is 2.73. The largest absolute Gasteiger partial charge is 0.494 e. The first-order valence-corrected chi connectivity index (χ1v) is 8.04. The van der Waals surface area contributed by atoms with Crippen LogP contribution in [0.5, 0.6) is 5.75 Å². The molecule has 0 aliphatic carbocycles. The Kier molecular flexibility index (Phi) is 6.87. The lowest BCUT2D eigenvalue weighted by Crippen LogP contribution is -2.12. The first-order valence-electron chi connectivity index (χ1n) is 7.16. The number of para-hydroxylation sites is 1. The Morgan fingerprint density at radius 3 is 2.43 bits per heavy atom. The lowest BCUT2D eigenvalue weighted by Gasteiger charge is -2.07. The summed E-state index contributed by atoms with van der Waals surface area (Å²) >= 11 is 0.478. The second-order valence-electron chi connectivity index (χ2n) is 4.72. The van der Waals surface area contributed by atoms with Gasteiger partial charge >= 0.3 is 0 Å². The highest BCUT2D eigenvalue weighted by atomic mass is 32.2. The van der Waals surface area contributed by atoms with E-state index in [4.69, 9.17) is 4.74 Å². The Hall–Kier alpha value is -2.08. The molecule has 0 saturated heterocycles. The minimum Gasteiger partial charge on any atom is -0.494 e. The summed E-state index contributed by atoms with van der Waals surface area (Å²) in [6.07, 6.45) is 0.931. The third-order valence-electron chi connectivity index (χ3n) is 2.92. The minimum atomic E-state index is -2.44. The van der Waals surface area contributed by atoms with E-state index in [0.29, 0.717) is 41.8 Å². The average Bonchev–Trinajstić information content (AvgIpc) is 2.54. The summed E-state index contributed by atoms with van der Waals surface area (Å²) in [6, 6.07) is 15.8. The molecule has 0 aromatic heterocycles. The van der Waals surface area contributed by atoms with Crippen molar-refractivity contribution < 1.29 is 18.3 Å². The maximum atomic E-state index is 12.2. The van der Waals surface area contributed by atoms with Crippen molar-refractivity contribution in [2.45, 2.75) is 23.5 Å². The number of nitrogens with one attached hydrogen (secondary N) is 1. The number of ether oxygens (including phenoxy) is 1. The van der Waals surface area contributed by atoms with Crippen molar-refractivity contribution in [2.24, 2.45) is 0 Å². The van der Waals surface area contributed by atoms with Gasteiger partial charge in [-0.3, -0.25) is 4.79 Å². The van der Waals surface area contributed by atoms with Gasteiger partial charge in [0.25, 0.3) is 5.76 Å². The van der Waals surface area contributed by atoms with Gasteiger partial charge in [0.2, 0.25) is 5.91 Å². The molecule has 1 N–H and O–H groups in total. The van der Waals surface area contributed by atoms with Gasteiger partial charge in [0.1, 0.15) is 5.75 Å². The second kappa shape index (κ2) is 9.15. The van der Waals surface area contributed by atoms with Crippen LogP contribution in [0.3, 0.4) is 0 Å². The zero-order valence-electron chi connectivity index (χ0n) is 12.4. The summed E-state index contributed by atoms with van der Waals surface area (Å²) in [5.74, 6) is -1.80. The molecule has 0 aliphatic rings. The molecular formula is C17H17F2NO2S. The zero-order chi connectivity index (χ0) is 16.5. The van der Waals surface area contributed by atoms with E-state index in [9.17, 15) is 13.6 Å². The van der Waals surface area contributed by atoms with Gasteiger partial charge in [-0.2, -0.15) is 8.78 Å². The fourth-order valence-electron chi connectivity index (χ4n) is 1.88. The Bertz CT molecular complexity index is 606. The van der Waals surface area contributed by atoms with Crippen molar-refractivity contribution in [1.82, 2.24) is 0 Å². The van der Waals surface area contributed by atoms with Gasteiger partial charge in [0.05, 0.1) is 6.61 Å². The van der Waals surface area contributed by atoms with Crippen molar-refractivity contribution >= 4 is 23.4 Å². The molecule has 0 radical (unpaired) electrons. The van der Waals surface area contributed by atoms with E-state index in [1.807, 2.05) is 30.3 Å². The van der Waals surface area contributed by atoms with Gasteiger partial charge in [-0.15, -0.1) is 0 Å². The quantitative estimate of drug-likeness (QED) is 0.555. The molecule has 0 aliphatic heterocycles. The predicted molar refractivity (Wildman–Crippen MR) is 88.1 cm³/mol. The summed E-state index contributed by atoms with van der Waals surface area (Å²) in [5.41, 5.74) is 0.595. The standard InChI is InChI=1S/C17H17F2NO2S/c18-17(19)23-15-10-8-13(9-11-15)20-16(21)7-4-12-22-14-5-2-1-3-6-14/h1-3,5-6,8-11,17H,4,7,12H2,(H,20,21). The number of hydrogen-bond acceptors (Lipinski definition) is 3. The number of halogens is 2. The Morgan fingerprint density at radius 2 is 1.78 bits per heavy atom. The van der Waals surface area contributed by atoms with Crippen LogP contribution in [0.15, 0.2) is 59.5 Å². The number of anilines is 1. The number of rotatable bonds is 8. The van der Waals surface area contributed by atoms with Crippen molar-refractivity contribution in [3.8, 4) is 5.75 Å². The van der Waals surface area contributed by atoms with Crippen molar-refractivity contribution in [1.29, 1.82) is 0 Å². The molecule has 23 heavy (non-hydrogen) atoms. The van der Waals surface area contributed by atoms with Crippen LogP contribution in [0.4, 0.5) is 14.5 Å². The number of hydrogen-bond donors (Lipinski definition) is 1. The Labute approximate surface area is 138 Å². The smallest absolute Gasteiger partial charge is 0.288 e. The molecular weight excluding hydrogens is 320 g/mol. The van der Waals surface area contributed by atoms with Gasteiger partial charge in [0, 0.05) is 17.0 Å². The zero-order valence-corrected chi connectivity index (χ0v) is 13.2. The number of benzene rings is 2. The highest BCUT2D eigenvalue weighted by Gasteiger charge is 2.06. The predicted octanol–water partition coefficient (Wildman–Crippen LogP) is 4.80. The molecule has 2 aromatic rings. The van der Waals surface area contributed by atoms with Crippen LogP contribution >= 0.6 is 11.8 Å². The minimum absolute atomic E-state index is 0.129. The highest BCUT2D eigenvalue weighted by molar-refractivity contribution is 7.99. The lowest BCUT2D eigenvalue weighted by molar-refractivity contribution is -0.116. The first kappa shape index (κ1) is 17.3. The summed E-state index contributed by atoms with van der Waals surface area (Å²) in [4.78, 5) is 12.3. The van der Waals surface area contributed by atoms with Crippen molar-refractivity contribution in [2.75, 3.05) is 11.9 Å². The van der Waals surface area contributed by atoms with Crippen LogP contribution in [0, 0.1) is 0 Å². The molecule has 0 spiro atoms. The van der Waals surface area contributed by atoms with Crippen LogP contribution in [0.2, 0.25) is 0 Å². The third kappa shape index (κ3) is 6.69. The van der Waals surface area contributed by atoms with Gasteiger partial charge in [0.15, 0.2) is 0 Å². The van der Waals surface area contributed by atoms with Crippen LogP contribution < -0.4 is 10.1 Å². The molecule has 0 unspecified atom stereocenters. The molecule has 0 saturated carbocycles. The van der Waals surface area contributed by atoms with Gasteiger partial charge in [-0.25, -0.2) is 0 Å². The van der Waals surface area contributed by atoms with Crippen LogP contribution in [0.1, 0.15) is 12.8 Å². The SMILES string of the molecule is O=C(CCCOc1ccccc1)Nc1ccc(SC(F)F)cc1. The highest BCUT2D eigenvalue weighted by Crippen LogP contribution is 2.26. The number of carbonyl (C=O) groups excluding carboxylic acids is 1. The van der Waals surface area contributed by atoms with E-state index in [1.54, 1.807) is 24.3 Å². The van der Waals surface area contributed by atoms with Gasteiger partial charge < -0.3 is 10.1 Å². The Balaban J connectivity index is 1.68. The summed E-state index contributed by atoms with van der Waals surface area (Å²) in [6.45, 7) is 0.460. The molecule has 122 valence electrons. The molecule has 3 nitrogen and oxygen atoms in total.